The summed E-state index contributed by atoms with van der Waals surface area (Å²) in [7, 11) is 1.44. The third-order valence-electron chi connectivity index (χ3n) is 3.46. The van der Waals surface area contributed by atoms with Gasteiger partial charge >= 0.3 is 5.97 Å². The van der Waals surface area contributed by atoms with E-state index in [-0.39, 0.29) is 12.6 Å². The molecule has 0 aliphatic carbocycles. The quantitative estimate of drug-likeness (QED) is 0.660. The largest absolute Gasteiger partial charge is 0.469 e. The SMILES string of the molecule is COC(=O)CC1CC(NCCO)CN(CC(C)C)C1. The highest BCUT2D eigenvalue weighted by Gasteiger charge is 2.28. The van der Waals surface area contributed by atoms with Gasteiger partial charge in [-0.05, 0) is 18.3 Å². The van der Waals surface area contributed by atoms with E-state index in [1.54, 1.807) is 0 Å². The van der Waals surface area contributed by atoms with Gasteiger partial charge in [0.1, 0.15) is 0 Å². The van der Waals surface area contributed by atoms with Crippen molar-refractivity contribution in [3.63, 3.8) is 0 Å². The highest BCUT2D eigenvalue weighted by atomic mass is 16.5. The Morgan fingerprint density at radius 2 is 2.21 bits per heavy atom. The van der Waals surface area contributed by atoms with E-state index in [1.165, 1.54) is 7.11 Å². The fraction of sp³-hybridized carbons (Fsp3) is 0.929. The van der Waals surface area contributed by atoms with E-state index >= 15 is 0 Å². The van der Waals surface area contributed by atoms with Gasteiger partial charge in [-0.3, -0.25) is 4.79 Å². The molecule has 5 nitrogen and oxygen atoms in total. The number of likely N-dealkylation sites (tertiary alicyclic amines) is 1. The summed E-state index contributed by atoms with van der Waals surface area (Å²) in [4.78, 5) is 13.8. The van der Waals surface area contributed by atoms with Crippen LogP contribution in [0.15, 0.2) is 0 Å². The number of nitrogens with zero attached hydrogens (tertiary/aromatic N) is 1. The minimum atomic E-state index is -0.127. The van der Waals surface area contributed by atoms with Gasteiger partial charge in [-0.15, -0.1) is 0 Å². The Bertz CT molecular complexity index is 271. The molecule has 1 heterocycles. The van der Waals surface area contributed by atoms with Crippen LogP contribution < -0.4 is 5.32 Å². The van der Waals surface area contributed by atoms with Crippen LogP contribution in [0.4, 0.5) is 0 Å². The minimum absolute atomic E-state index is 0.127. The molecule has 1 aliphatic heterocycles. The third-order valence-corrected chi connectivity index (χ3v) is 3.46. The van der Waals surface area contributed by atoms with Gasteiger partial charge in [-0.2, -0.15) is 0 Å². The molecule has 1 rings (SSSR count). The summed E-state index contributed by atoms with van der Waals surface area (Å²) in [5.74, 6) is 0.837. The topological polar surface area (TPSA) is 61.8 Å². The number of carbonyl (C=O) groups excluding carboxylic acids is 1. The molecule has 0 bridgehead atoms. The molecule has 1 aliphatic rings. The summed E-state index contributed by atoms with van der Waals surface area (Å²) in [5, 5.41) is 12.3. The van der Waals surface area contributed by atoms with Crippen LogP contribution in [0, 0.1) is 11.8 Å². The van der Waals surface area contributed by atoms with Crippen molar-refractivity contribution >= 4 is 5.97 Å². The Morgan fingerprint density at radius 3 is 2.79 bits per heavy atom. The lowest BCUT2D eigenvalue weighted by atomic mass is 9.91. The van der Waals surface area contributed by atoms with Gasteiger partial charge in [0.05, 0.1) is 13.7 Å². The van der Waals surface area contributed by atoms with Crippen LogP contribution in [0.25, 0.3) is 0 Å². The predicted molar refractivity (Wildman–Crippen MR) is 74.9 cm³/mol. The number of piperidine rings is 1. The van der Waals surface area contributed by atoms with Gasteiger partial charge in [0.25, 0.3) is 0 Å². The van der Waals surface area contributed by atoms with Crippen molar-refractivity contribution in [2.45, 2.75) is 32.7 Å². The summed E-state index contributed by atoms with van der Waals surface area (Å²) in [6, 6.07) is 0.356. The summed E-state index contributed by atoms with van der Waals surface area (Å²) < 4.78 is 4.77. The van der Waals surface area contributed by atoms with E-state index in [1.807, 2.05) is 0 Å². The van der Waals surface area contributed by atoms with Gasteiger partial charge in [0, 0.05) is 38.6 Å². The maximum atomic E-state index is 11.4. The summed E-state index contributed by atoms with van der Waals surface area (Å²) in [6.45, 7) is 8.20. The lowest BCUT2D eigenvalue weighted by molar-refractivity contribution is -0.142. The van der Waals surface area contributed by atoms with Crippen molar-refractivity contribution in [1.82, 2.24) is 10.2 Å². The first-order valence-corrected chi connectivity index (χ1v) is 7.18. The molecule has 5 heteroatoms. The number of carbonyl (C=O) groups is 1. The average Bonchev–Trinajstić information content (AvgIpc) is 2.35. The maximum Gasteiger partial charge on any atom is 0.305 e. The number of esters is 1. The van der Waals surface area contributed by atoms with Crippen molar-refractivity contribution in [2.24, 2.45) is 11.8 Å². The average molecular weight is 272 g/mol. The molecule has 0 aromatic carbocycles. The molecule has 112 valence electrons. The Balaban J connectivity index is 2.52. The van der Waals surface area contributed by atoms with Crippen LogP contribution in [-0.2, 0) is 9.53 Å². The van der Waals surface area contributed by atoms with Gasteiger partial charge in [-0.25, -0.2) is 0 Å². The first-order chi connectivity index (χ1) is 9.05. The molecule has 1 saturated heterocycles. The highest BCUT2D eigenvalue weighted by Crippen LogP contribution is 2.21. The van der Waals surface area contributed by atoms with Crippen molar-refractivity contribution in [1.29, 1.82) is 0 Å². The normalized spacial score (nSPS) is 24.7. The number of rotatable bonds is 7. The molecule has 0 saturated carbocycles. The lowest BCUT2D eigenvalue weighted by Gasteiger charge is -2.38. The zero-order chi connectivity index (χ0) is 14.3. The molecule has 0 aromatic rings. The maximum absolute atomic E-state index is 11.4. The number of aliphatic hydroxyl groups excluding tert-OH is 1. The summed E-state index contributed by atoms with van der Waals surface area (Å²) >= 11 is 0. The molecule has 0 radical (unpaired) electrons. The second-order valence-electron chi connectivity index (χ2n) is 5.87. The fourth-order valence-corrected chi connectivity index (χ4v) is 2.85. The lowest BCUT2D eigenvalue weighted by Crippen LogP contribution is -2.51. The van der Waals surface area contributed by atoms with E-state index in [9.17, 15) is 4.79 Å². The van der Waals surface area contributed by atoms with Gasteiger partial charge in [0.2, 0.25) is 0 Å². The van der Waals surface area contributed by atoms with Crippen molar-refractivity contribution in [2.75, 3.05) is 39.9 Å². The van der Waals surface area contributed by atoms with Gasteiger partial charge in [0.15, 0.2) is 0 Å². The monoisotopic (exact) mass is 272 g/mol. The molecule has 19 heavy (non-hydrogen) atoms. The highest BCUT2D eigenvalue weighted by molar-refractivity contribution is 5.69. The molecule has 2 atom stereocenters. The standard InChI is InChI=1S/C14H28N2O3/c1-11(2)8-16-9-12(7-14(18)19-3)6-13(10-16)15-4-5-17/h11-13,15,17H,4-10H2,1-3H3. The van der Waals surface area contributed by atoms with Crippen LogP contribution in [0.3, 0.4) is 0 Å². The molecular weight excluding hydrogens is 244 g/mol. The van der Waals surface area contributed by atoms with Crippen molar-refractivity contribution < 1.29 is 14.6 Å². The zero-order valence-corrected chi connectivity index (χ0v) is 12.4. The molecule has 2 N–H and O–H groups in total. The van der Waals surface area contributed by atoms with Crippen molar-refractivity contribution in [3.8, 4) is 0 Å². The predicted octanol–water partition coefficient (Wildman–Crippen LogP) is 0.478. The zero-order valence-electron chi connectivity index (χ0n) is 12.4. The van der Waals surface area contributed by atoms with Crippen LogP contribution >= 0.6 is 0 Å². The van der Waals surface area contributed by atoms with Crippen LogP contribution in [0.5, 0.6) is 0 Å². The van der Waals surface area contributed by atoms with Gasteiger partial charge in [-0.1, -0.05) is 13.8 Å². The van der Waals surface area contributed by atoms with E-state index in [2.05, 4.69) is 24.1 Å². The number of methoxy groups -OCH3 is 1. The second-order valence-corrected chi connectivity index (χ2v) is 5.87. The van der Waals surface area contributed by atoms with Gasteiger partial charge < -0.3 is 20.1 Å². The van der Waals surface area contributed by atoms with Crippen LogP contribution in [0.2, 0.25) is 0 Å². The number of hydrogen-bond acceptors (Lipinski definition) is 5. The Kier molecular flexibility index (Phi) is 7.34. The van der Waals surface area contributed by atoms with E-state index in [0.29, 0.717) is 30.8 Å². The van der Waals surface area contributed by atoms with Crippen LogP contribution in [0.1, 0.15) is 26.7 Å². The summed E-state index contributed by atoms with van der Waals surface area (Å²) in [6.07, 6.45) is 1.46. The van der Waals surface area contributed by atoms with Crippen molar-refractivity contribution in [3.05, 3.63) is 0 Å². The summed E-state index contributed by atoms with van der Waals surface area (Å²) in [5.41, 5.74) is 0. The fourth-order valence-electron chi connectivity index (χ4n) is 2.85. The van der Waals surface area contributed by atoms with E-state index in [0.717, 1.165) is 26.1 Å². The number of nitrogens with one attached hydrogen (secondary N) is 1. The number of ether oxygens (including phenoxy) is 1. The Labute approximate surface area is 116 Å². The Hall–Kier alpha value is -0.650. The Morgan fingerprint density at radius 1 is 1.47 bits per heavy atom. The molecule has 1 fully saturated rings. The van der Waals surface area contributed by atoms with E-state index < -0.39 is 0 Å². The molecule has 0 amide bonds. The molecular formula is C14H28N2O3. The first kappa shape index (κ1) is 16.4. The number of aliphatic hydroxyl groups is 1. The molecule has 0 spiro atoms. The second kappa shape index (κ2) is 8.51. The third kappa shape index (κ3) is 6.36. The minimum Gasteiger partial charge on any atom is -0.469 e. The first-order valence-electron chi connectivity index (χ1n) is 7.18. The number of hydrogen-bond donors (Lipinski definition) is 2. The van der Waals surface area contributed by atoms with E-state index in [4.69, 9.17) is 9.84 Å². The smallest absolute Gasteiger partial charge is 0.305 e. The van der Waals surface area contributed by atoms with Crippen LogP contribution in [-0.4, -0.2) is 61.9 Å². The molecule has 2 unspecified atom stereocenters. The molecule has 0 aromatic heterocycles.